The molecule has 0 atom stereocenters. The van der Waals surface area contributed by atoms with Crippen molar-refractivity contribution in [2.24, 2.45) is 5.84 Å². The molecule has 12 heavy (non-hydrogen) atoms. The first-order chi connectivity index (χ1) is 5.90. The van der Waals surface area contributed by atoms with E-state index in [1.165, 1.54) is 6.42 Å². The van der Waals surface area contributed by atoms with Crippen LogP contribution in [0.2, 0.25) is 0 Å². The monoisotopic (exact) mass is 164 g/mol. The highest BCUT2D eigenvalue weighted by molar-refractivity contribution is 5.47. The van der Waals surface area contributed by atoms with E-state index in [1.54, 1.807) is 0 Å². The molecule has 2 rings (SSSR count). The van der Waals surface area contributed by atoms with Gasteiger partial charge in [-0.25, -0.2) is 10.8 Å². The molecule has 1 fully saturated rings. The Bertz CT molecular complexity index is 270. The summed E-state index contributed by atoms with van der Waals surface area (Å²) in [6.07, 6.45) is 1.27. The fraction of sp³-hybridized carbons (Fsp3) is 0.375. The standard InChI is InChI=1S/C8H12N4/c9-11-7-3-1-4-8(10-7)12-5-2-6-12/h1,3-4H,2,5-6,9H2,(H,10,11). The van der Waals surface area contributed by atoms with Crippen molar-refractivity contribution in [3.63, 3.8) is 0 Å². The maximum absolute atomic E-state index is 5.25. The van der Waals surface area contributed by atoms with Crippen LogP contribution >= 0.6 is 0 Å². The van der Waals surface area contributed by atoms with Gasteiger partial charge in [0.1, 0.15) is 11.6 Å². The molecule has 0 bridgehead atoms. The number of aromatic nitrogens is 1. The number of hydrogen-bond acceptors (Lipinski definition) is 4. The van der Waals surface area contributed by atoms with Gasteiger partial charge >= 0.3 is 0 Å². The van der Waals surface area contributed by atoms with Crippen LogP contribution < -0.4 is 16.2 Å². The lowest BCUT2D eigenvalue weighted by molar-refractivity contribution is 0.610. The van der Waals surface area contributed by atoms with Crippen LogP contribution in [0.4, 0.5) is 11.6 Å². The molecule has 0 amide bonds. The van der Waals surface area contributed by atoms with Gasteiger partial charge in [-0.3, -0.25) is 0 Å². The second kappa shape index (κ2) is 2.98. The predicted octanol–water partition coefficient (Wildman–Crippen LogP) is 0.577. The third-order valence-electron chi connectivity index (χ3n) is 2.06. The molecule has 0 saturated carbocycles. The topological polar surface area (TPSA) is 54.2 Å². The molecule has 1 aliphatic rings. The highest BCUT2D eigenvalue weighted by Gasteiger charge is 2.15. The first-order valence-electron chi connectivity index (χ1n) is 4.09. The average Bonchev–Trinajstić information content (AvgIpc) is 2.02. The number of rotatable bonds is 2. The normalized spacial score (nSPS) is 15.6. The van der Waals surface area contributed by atoms with Gasteiger partial charge in [0, 0.05) is 13.1 Å². The van der Waals surface area contributed by atoms with Crippen LogP contribution in [-0.4, -0.2) is 18.1 Å². The Morgan fingerprint density at radius 3 is 2.83 bits per heavy atom. The third-order valence-corrected chi connectivity index (χ3v) is 2.06. The maximum atomic E-state index is 5.25. The summed E-state index contributed by atoms with van der Waals surface area (Å²) in [6.45, 7) is 2.22. The highest BCUT2D eigenvalue weighted by atomic mass is 15.3. The number of nitrogens with one attached hydrogen (secondary N) is 1. The van der Waals surface area contributed by atoms with Crippen molar-refractivity contribution in [2.45, 2.75) is 6.42 Å². The lowest BCUT2D eigenvalue weighted by atomic mass is 10.2. The smallest absolute Gasteiger partial charge is 0.142 e. The lowest BCUT2D eigenvalue weighted by Crippen LogP contribution is -2.37. The van der Waals surface area contributed by atoms with Gasteiger partial charge in [-0.15, -0.1) is 0 Å². The molecular weight excluding hydrogens is 152 g/mol. The molecule has 0 aliphatic carbocycles. The van der Waals surface area contributed by atoms with Crippen molar-refractivity contribution in [1.29, 1.82) is 0 Å². The summed E-state index contributed by atoms with van der Waals surface area (Å²) in [5.41, 5.74) is 2.53. The zero-order chi connectivity index (χ0) is 8.39. The summed E-state index contributed by atoms with van der Waals surface area (Å²) in [5.74, 6) is 6.98. The van der Waals surface area contributed by atoms with Gasteiger partial charge in [-0.1, -0.05) is 6.07 Å². The third kappa shape index (κ3) is 1.21. The fourth-order valence-electron chi connectivity index (χ4n) is 1.23. The number of nitrogen functional groups attached to an aromatic ring is 1. The first kappa shape index (κ1) is 7.36. The summed E-state index contributed by atoms with van der Waals surface area (Å²) in [7, 11) is 0. The average molecular weight is 164 g/mol. The molecule has 0 unspecified atom stereocenters. The quantitative estimate of drug-likeness (QED) is 0.496. The summed E-state index contributed by atoms with van der Waals surface area (Å²) in [4.78, 5) is 6.53. The van der Waals surface area contributed by atoms with Crippen LogP contribution in [0.3, 0.4) is 0 Å². The molecule has 64 valence electrons. The maximum Gasteiger partial charge on any atom is 0.142 e. The molecule has 0 aromatic carbocycles. The van der Waals surface area contributed by atoms with E-state index < -0.39 is 0 Å². The number of anilines is 2. The molecule has 1 aliphatic heterocycles. The molecule has 3 N–H and O–H groups in total. The highest BCUT2D eigenvalue weighted by Crippen LogP contribution is 2.18. The Hall–Kier alpha value is -1.29. The molecule has 4 nitrogen and oxygen atoms in total. The molecule has 1 aromatic heterocycles. The lowest BCUT2D eigenvalue weighted by Gasteiger charge is -2.32. The molecule has 4 heteroatoms. The zero-order valence-corrected chi connectivity index (χ0v) is 6.83. The van der Waals surface area contributed by atoms with E-state index in [9.17, 15) is 0 Å². The number of pyridine rings is 1. The van der Waals surface area contributed by atoms with Gasteiger partial charge in [-0.2, -0.15) is 0 Å². The van der Waals surface area contributed by atoms with E-state index in [0.717, 1.165) is 24.7 Å². The largest absolute Gasteiger partial charge is 0.356 e. The second-order valence-corrected chi connectivity index (χ2v) is 2.87. The summed E-state index contributed by atoms with van der Waals surface area (Å²) < 4.78 is 0. The van der Waals surface area contributed by atoms with Crippen LogP contribution in [0.25, 0.3) is 0 Å². The minimum Gasteiger partial charge on any atom is -0.356 e. The Morgan fingerprint density at radius 2 is 2.25 bits per heavy atom. The van der Waals surface area contributed by atoms with E-state index in [2.05, 4.69) is 15.3 Å². The van der Waals surface area contributed by atoms with Gasteiger partial charge in [0.2, 0.25) is 0 Å². The fourth-order valence-corrected chi connectivity index (χ4v) is 1.23. The zero-order valence-electron chi connectivity index (χ0n) is 6.83. The summed E-state index contributed by atoms with van der Waals surface area (Å²) in [5, 5.41) is 0. The Morgan fingerprint density at radius 1 is 1.42 bits per heavy atom. The molecular formula is C8H12N4. The predicted molar refractivity (Wildman–Crippen MR) is 48.9 cm³/mol. The van der Waals surface area contributed by atoms with E-state index in [-0.39, 0.29) is 0 Å². The van der Waals surface area contributed by atoms with Gasteiger partial charge in [0.15, 0.2) is 0 Å². The second-order valence-electron chi connectivity index (χ2n) is 2.87. The summed E-state index contributed by atoms with van der Waals surface area (Å²) in [6, 6.07) is 5.80. The Balaban J connectivity index is 2.19. The number of hydrogen-bond donors (Lipinski definition) is 2. The van der Waals surface area contributed by atoms with Gasteiger partial charge in [0.05, 0.1) is 0 Å². The van der Waals surface area contributed by atoms with Crippen molar-refractivity contribution in [2.75, 3.05) is 23.4 Å². The van der Waals surface area contributed by atoms with Crippen molar-refractivity contribution in [3.05, 3.63) is 18.2 Å². The van der Waals surface area contributed by atoms with Crippen molar-refractivity contribution in [3.8, 4) is 0 Å². The number of nitrogens with zero attached hydrogens (tertiary/aromatic N) is 2. The van der Waals surface area contributed by atoms with Crippen LogP contribution in [-0.2, 0) is 0 Å². The van der Waals surface area contributed by atoms with Crippen molar-refractivity contribution < 1.29 is 0 Å². The van der Waals surface area contributed by atoms with Crippen LogP contribution in [0.15, 0.2) is 18.2 Å². The van der Waals surface area contributed by atoms with Crippen LogP contribution in [0.5, 0.6) is 0 Å². The molecule has 1 aromatic rings. The Labute approximate surface area is 71.4 Å². The van der Waals surface area contributed by atoms with E-state index >= 15 is 0 Å². The number of nitrogens with two attached hydrogens (primary N) is 1. The van der Waals surface area contributed by atoms with Crippen LogP contribution in [0.1, 0.15) is 6.42 Å². The van der Waals surface area contributed by atoms with Crippen LogP contribution in [0, 0.1) is 0 Å². The van der Waals surface area contributed by atoms with Crippen molar-refractivity contribution in [1.82, 2.24) is 4.98 Å². The molecule has 2 heterocycles. The minimum atomic E-state index is 0.722. The first-order valence-corrected chi connectivity index (χ1v) is 4.09. The summed E-state index contributed by atoms with van der Waals surface area (Å²) >= 11 is 0. The van der Waals surface area contributed by atoms with Gasteiger partial charge in [-0.05, 0) is 18.6 Å². The van der Waals surface area contributed by atoms with Gasteiger partial charge in [0.25, 0.3) is 0 Å². The molecule has 0 radical (unpaired) electrons. The Kier molecular flexibility index (Phi) is 1.83. The van der Waals surface area contributed by atoms with E-state index in [4.69, 9.17) is 5.84 Å². The molecule has 1 saturated heterocycles. The number of hydrazine groups is 1. The van der Waals surface area contributed by atoms with Gasteiger partial charge < -0.3 is 10.3 Å². The SMILES string of the molecule is NNc1cccc(N2CCC2)n1. The minimum absolute atomic E-state index is 0.722. The van der Waals surface area contributed by atoms with E-state index in [1.807, 2.05) is 18.2 Å². The molecule has 0 spiro atoms. The van der Waals surface area contributed by atoms with E-state index in [0.29, 0.717) is 0 Å². The van der Waals surface area contributed by atoms with Crippen molar-refractivity contribution >= 4 is 11.6 Å².